The van der Waals surface area contributed by atoms with Gasteiger partial charge in [0.25, 0.3) is 5.91 Å². The largest absolute Gasteiger partial charge is 0.338 e. The molecule has 1 unspecified atom stereocenters. The first-order valence-corrected chi connectivity index (χ1v) is 6.08. The lowest BCUT2D eigenvalue weighted by molar-refractivity contribution is 0.0756. The van der Waals surface area contributed by atoms with Crippen LogP contribution in [0.5, 0.6) is 0 Å². The Morgan fingerprint density at radius 2 is 2.25 bits per heavy atom. The van der Waals surface area contributed by atoms with Gasteiger partial charge in [-0.3, -0.25) is 4.79 Å². The molecule has 0 radical (unpaired) electrons. The number of carbonyl (C=O) groups excluding carboxylic acids is 1. The highest BCUT2D eigenvalue weighted by molar-refractivity contribution is 9.10. The SMILES string of the molecule is CC(CCl)N(C)C(=O)c1ccc(F)cc1Br. The molecular weight excluding hydrogens is 296 g/mol. The molecule has 0 fully saturated rings. The summed E-state index contributed by atoms with van der Waals surface area (Å²) in [5.41, 5.74) is 0.431. The Bertz CT molecular complexity index is 400. The minimum atomic E-state index is -0.378. The maximum absolute atomic E-state index is 12.9. The zero-order valence-corrected chi connectivity index (χ0v) is 11.3. The summed E-state index contributed by atoms with van der Waals surface area (Å²) in [6.07, 6.45) is 0. The quantitative estimate of drug-likeness (QED) is 0.785. The van der Waals surface area contributed by atoms with Crippen LogP contribution in [-0.2, 0) is 0 Å². The Morgan fingerprint density at radius 3 is 2.75 bits per heavy atom. The second kappa shape index (κ2) is 5.64. The summed E-state index contributed by atoms with van der Waals surface area (Å²) in [6.45, 7) is 1.85. The molecule has 0 heterocycles. The van der Waals surface area contributed by atoms with E-state index in [0.29, 0.717) is 15.9 Å². The van der Waals surface area contributed by atoms with Crippen LogP contribution in [0.4, 0.5) is 4.39 Å². The number of alkyl halides is 1. The van der Waals surface area contributed by atoms with Gasteiger partial charge in [-0.05, 0) is 41.1 Å². The summed E-state index contributed by atoms with van der Waals surface area (Å²) >= 11 is 8.84. The van der Waals surface area contributed by atoms with Crippen LogP contribution in [0.1, 0.15) is 17.3 Å². The topological polar surface area (TPSA) is 20.3 Å². The van der Waals surface area contributed by atoms with Crippen molar-refractivity contribution in [1.29, 1.82) is 0 Å². The normalized spacial score (nSPS) is 12.3. The zero-order chi connectivity index (χ0) is 12.3. The number of halogens is 3. The summed E-state index contributed by atoms with van der Waals surface area (Å²) in [4.78, 5) is 13.5. The number of benzene rings is 1. The Kier molecular flexibility index (Phi) is 4.74. The maximum atomic E-state index is 12.9. The van der Waals surface area contributed by atoms with Crippen LogP contribution < -0.4 is 0 Å². The van der Waals surface area contributed by atoms with E-state index in [-0.39, 0.29) is 17.8 Å². The molecule has 88 valence electrons. The Balaban J connectivity index is 2.96. The average molecular weight is 309 g/mol. The van der Waals surface area contributed by atoms with Gasteiger partial charge in [-0.2, -0.15) is 0 Å². The number of hydrogen-bond donors (Lipinski definition) is 0. The lowest BCUT2D eigenvalue weighted by Gasteiger charge is -2.23. The van der Waals surface area contributed by atoms with E-state index in [0.717, 1.165) is 0 Å². The van der Waals surface area contributed by atoms with Crippen molar-refractivity contribution in [3.8, 4) is 0 Å². The fourth-order valence-electron chi connectivity index (χ4n) is 1.16. The maximum Gasteiger partial charge on any atom is 0.255 e. The predicted molar refractivity (Wildman–Crippen MR) is 66.4 cm³/mol. The summed E-state index contributed by atoms with van der Waals surface area (Å²) in [5.74, 6) is -0.197. The van der Waals surface area contributed by atoms with Crippen LogP contribution >= 0.6 is 27.5 Å². The van der Waals surface area contributed by atoms with Crippen molar-refractivity contribution in [2.24, 2.45) is 0 Å². The predicted octanol–water partition coefficient (Wildman–Crippen LogP) is 3.29. The standard InChI is InChI=1S/C11H12BrClFNO/c1-7(6-13)15(2)11(16)9-4-3-8(14)5-10(9)12/h3-5,7H,6H2,1-2H3. The number of carbonyl (C=O) groups is 1. The fraction of sp³-hybridized carbons (Fsp3) is 0.364. The molecule has 0 aliphatic carbocycles. The van der Waals surface area contributed by atoms with E-state index in [9.17, 15) is 9.18 Å². The molecule has 0 aromatic heterocycles. The molecule has 0 spiro atoms. The molecule has 1 aromatic carbocycles. The number of amides is 1. The van der Waals surface area contributed by atoms with Gasteiger partial charge >= 0.3 is 0 Å². The minimum absolute atomic E-state index is 0.0638. The van der Waals surface area contributed by atoms with Crippen molar-refractivity contribution in [2.75, 3.05) is 12.9 Å². The highest BCUT2D eigenvalue weighted by Gasteiger charge is 2.19. The van der Waals surface area contributed by atoms with E-state index < -0.39 is 0 Å². The molecule has 5 heteroatoms. The minimum Gasteiger partial charge on any atom is -0.338 e. The van der Waals surface area contributed by atoms with Gasteiger partial charge in [0.15, 0.2) is 0 Å². The third kappa shape index (κ3) is 2.95. The summed E-state index contributed by atoms with van der Waals surface area (Å²) in [5, 5.41) is 0. The molecule has 0 saturated heterocycles. The van der Waals surface area contributed by atoms with E-state index in [4.69, 9.17) is 11.6 Å². The van der Waals surface area contributed by atoms with Gasteiger partial charge in [-0.1, -0.05) is 0 Å². The Morgan fingerprint density at radius 1 is 1.62 bits per heavy atom. The molecule has 0 aliphatic heterocycles. The van der Waals surface area contributed by atoms with Gasteiger partial charge in [0.05, 0.1) is 5.56 Å². The van der Waals surface area contributed by atoms with Crippen LogP contribution in [0.3, 0.4) is 0 Å². The van der Waals surface area contributed by atoms with Crippen LogP contribution in [-0.4, -0.2) is 29.8 Å². The van der Waals surface area contributed by atoms with E-state index in [1.165, 1.54) is 23.1 Å². The van der Waals surface area contributed by atoms with E-state index in [1.807, 2.05) is 6.92 Å². The first-order chi connectivity index (χ1) is 7.47. The molecule has 0 aliphatic rings. The Hall–Kier alpha value is -0.610. The Labute approximate surface area is 108 Å². The van der Waals surface area contributed by atoms with Crippen molar-refractivity contribution in [1.82, 2.24) is 4.90 Å². The van der Waals surface area contributed by atoms with Crippen molar-refractivity contribution in [2.45, 2.75) is 13.0 Å². The summed E-state index contributed by atoms with van der Waals surface area (Å²) in [6, 6.07) is 3.93. The zero-order valence-electron chi connectivity index (χ0n) is 9.01. The second-order valence-corrected chi connectivity index (χ2v) is 4.71. The molecule has 1 amide bonds. The number of hydrogen-bond acceptors (Lipinski definition) is 1. The van der Waals surface area contributed by atoms with E-state index in [2.05, 4.69) is 15.9 Å². The molecule has 0 bridgehead atoms. The van der Waals surface area contributed by atoms with Crippen molar-refractivity contribution < 1.29 is 9.18 Å². The third-order valence-corrected chi connectivity index (χ3v) is 3.47. The monoisotopic (exact) mass is 307 g/mol. The van der Waals surface area contributed by atoms with Crippen LogP contribution in [0.25, 0.3) is 0 Å². The first kappa shape index (κ1) is 13.5. The van der Waals surface area contributed by atoms with Crippen LogP contribution in [0.15, 0.2) is 22.7 Å². The molecule has 2 nitrogen and oxygen atoms in total. The van der Waals surface area contributed by atoms with Crippen molar-refractivity contribution >= 4 is 33.4 Å². The highest BCUT2D eigenvalue weighted by atomic mass is 79.9. The van der Waals surface area contributed by atoms with Crippen LogP contribution in [0, 0.1) is 5.82 Å². The van der Waals surface area contributed by atoms with Crippen molar-refractivity contribution in [3.63, 3.8) is 0 Å². The van der Waals surface area contributed by atoms with Crippen LogP contribution in [0.2, 0.25) is 0 Å². The lowest BCUT2D eigenvalue weighted by Crippen LogP contribution is -2.36. The first-order valence-electron chi connectivity index (χ1n) is 4.75. The molecular formula is C11H12BrClFNO. The lowest BCUT2D eigenvalue weighted by atomic mass is 10.2. The molecule has 1 atom stereocenters. The van der Waals surface area contributed by atoms with E-state index >= 15 is 0 Å². The molecule has 1 rings (SSSR count). The second-order valence-electron chi connectivity index (χ2n) is 3.54. The van der Waals surface area contributed by atoms with Gasteiger partial charge in [0.2, 0.25) is 0 Å². The third-order valence-electron chi connectivity index (χ3n) is 2.37. The average Bonchev–Trinajstić information content (AvgIpc) is 2.26. The molecule has 0 saturated carbocycles. The number of rotatable bonds is 3. The van der Waals surface area contributed by atoms with Gasteiger partial charge < -0.3 is 4.90 Å². The van der Waals surface area contributed by atoms with E-state index in [1.54, 1.807) is 7.05 Å². The molecule has 0 N–H and O–H groups in total. The summed E-state index contributed by atoms with van der Waals surface area (Å²) < 4.78 is 13.3. The number of nitrogens with zero attached hydrogens (tertiary/aromatic N) is 1. The van der Waals surface area contributed by atoms with Gasteiger partial charge in [-0.15, -0.1) is 11.6 Å². The van der Waals surface area contributed by atoms with Crippen molar-refractivity contribution in [3.05, 3.63) is 34.1 Å². The molecule has 1 aromatic rings. The van der Waals surface area contributed by atoms with Gasteiger partial charge in [-0.25, -0.2) is 4.39 Å². The smallest absolute Gasteiger partial charge is 0.255 e. The fourth-order valence-corrected chi connectivity index (χ4v) is 1.88. The highest BCUT2D eigenvalue weighted by Crippen LogP contribution is 2.20. The van der Waals surface area contributed by atoms with Gasteiger partial charge in [0, 0.05) is 23.4 Å². The van der Waals surface area contributed by atoms with Gasteiger partial charge in [0.1, 0.15) is 5.82 Å². The molecule has 16 heavy (non-hydrogen) atoms. The summed E-state index contributed by atoms with van der Waals surface area (Å²) in [7, 11) is 1.67.